The molecule has 1 saturated carbocycles. The molecule has 0 spiro atoms. The third-order valence-electron chi connectivity index (χ3n) is 4.36. The van der Waals surface area contributed by atoms with Crippen LogP contribution in [-0.4, -0.2) is 35.0 Å². The lowest BCUT2D eigenvalue weighted by Gasteiger charge is -2.23. The van der Waals surface area contributed by atoms with Gasteiger partial charge in [-0.1, -0.05) is 28.1 Å². The SMILES string of the molecule is O=C(O)C1CCN(C(=O)C2(c3cccc(Br)c3)CC2)C1. The van der Waals surface area contributed by atoms with Crippen molar-refractivity contribution in [3.63, 3.8) is 0 Å². The lowest BCUT2D eigenvalue weighted by Crippen LogP contribution is -2.38. The number of carboxylic acid groups (broad SMARTS) is 1. The molecule has 1 aliphatic heterocycles. The number of hydrogen-bond donors (Lipinski definition) is 1. The van der Waals surface area contributed by atoms with Gasteiger partial charge in [-0.3, -0.25) is 9.59 Å². The number of amides is 1. The summed E-state index contributed by atoms with van der Waals surface area (Å²) in [5, 5.41) is 9.04. The van der Waals surface area contributed by atoms with E-state index >= 15 is 0 Å². The van der Waals surface area contributed by atoms with Crippen LogP contribution >= 0.6 is 15.9 Å². The topological polar surface area (TPSA) is 57.6 Å². The minimum absolute atomic E-state index is 0.0966. The highest BCUT2D eigenvalue weighted by molar-refractivity contribution is 9.10. The summed E-state index contributed by atoms with van der Waals surface area (Å²) in [5.74, 6) is -1.11. The van der Waals surface area contributed by atoms with Crippen LogP contribution in [0.4, 0.5) is 0 Å². The maximum atomic E-state index is 12.7. The average Bonchev–Trinajstić information content (AvgIpc) is 3.08. The monoisotopic (exact) mass is 337 g/mol. The Morgan fingerprint density at radius 3 is 2.65 bits per heavy atom. The number of hydrogen-bond acceptors (Lipinski definition) is 2. The summed E-state index contributed by atoms with van der Waals surface area (Å²) in [6, 6.07) is 7.87. The van der Waals surface area contributed by atoms with Gasteiger partial charge in [-0.25, -0.2) is 0 Å². The molecular weight excluding hydrogens is 322 g/mol. The summed E-state index contributed by atoms with van der Waals surface area (Å²) < 4.78 is 0.971. The Kier molecular flexibility index (Phi) is 3.32. The van der Waals surface area contributed by atoms with E-state index in [9.17, 15) is 9.59 Å². The molecule has 1 unspecified atom stereocenters. The quantitative estimate of drug-likeness (QED) is 0.921. The Morgan fingerprint density at radius 2 is 2.10 bits per heavy atom. The van der Waals surface area contributed by atoms with E-state index < -0.39 is 17.3 Å². The van der Waals surface area contributed by atoms with Crippen LogP contribution in [0.1, 0.15) is 24.8 Å². The molecule has 4 nitrogen and oxygen atoms in total. The highest BCUT2D eigenvalue weighted by atomic mass is 79.9. The van der Waals surface area contributed by atoms with Gasteiger partial charge < -0.3 is 10.0 Å². The summed E-state index contributed by atoms with van der Waals surface area (Å²) >= 11 is 3.44. The first-order valence-corrected chi connectivity index (χ1v) is 7.60. The van der Waals surface area contributed by atoms with Crippen LogP contribution in [-0.2, 0) is 15.0 Å². The van der Waals surface area contributed by atoms with Crippen molar-refractivity contribution in [2.24, 2.45) is 5.92 Å². The normalized spacial score (nSPS) is 23.6. The van der Waals surface area contributed by atoms with Gasteiger partial charge in [0.15, 0.2) is 0 Å². The van der Waals surface area contributed by atoms with Gasteiger partial charge in [0.05, 0.1) is 11.3 Å². The zero-order chi connectivity index (χ0) is 14.3. The van der Waals surface area contributed by atoms with Gasteiger partial charge in [-0.2, -0.15) is 0 Å². The van der Waals surface area contributed by atoms with Crippen LogP contribution in [0.3, 0.4) is 0 Å². The van der Waals surface area contributed by atoms with Crippen molar-refractivity contribution in [3.8, 4) is 0 Å². The molecule has 0 radical (unpaired) electrons. The molecule has 2 aliphatic rings. The summed E-state index contributed by atoms with van der Waals surface area (Å²) in [4.78, 5) is 25.5. The van der Waals surface area contributed by atoms with E-state index in [0.29, 0.717) is 19.5 Å². The molecule has 0 bridgehead atoms. The van der Waals surface area contributed by atoms with Gasteiger partial charge >= 0.3 is 5.97 Å². The Hall–Kier alpha value is -1.36. The van der Waals surface area contributed by atoms with Gasteiger partial charge in [-0.15, -0.1) is 0 Å². The molecule has 1 N–H and O–H groups in total. The third kappa shape index (κ3) is 2.24. The van der Waals surface area contributed by atoms with Gasteiger partial charge in [-0.05, 0) is 37.0 Å². The van der Waals surface area contributed by atoms with Crippen LogP contribution in [0.25, 0.3) is 0 Å². The second-order valence-electron chi connectivity index (χ2n) is 5.67. The number of rotatable bonds is 3. The first kappa shape index (κ1) is 13.6. The number of carbonyl (C=O) groups excluding carboxylic acids is 1. The van der Waals surface area contributed by atoms with Gasteiger partial charge in [0.2, 0.25) is 5.91 Å². The van der Waals surface area contributed by atoms with Crippen molar-refractivity contribution in [2.75, 3.05) is 13.1 Å². The second kappa shape index (κ2) is 4.88. The first-order valence-electron chi connectivity index (χ1n) is 6.81. The molecule has 20 heavy (non-hydrogen) atoms. The minimum atomic E-state index is -0.799. The summed E-state index contributed by atoms with van der Waals surface area (Å²) in [7, 11) is 0. The summed E-state index contributed by atoms with van der Waals surface area (Å²) in [5.41, 5.74) is 0.632. The van der Waals surface area contributed by atoms with Crippen molar-refractivity contribution in [2.45, 2.75) is 24.7 Å². The fraction of sp³-hybridized carbons (Fsp3) is 0.467. The second-order valence-corrected chi connectivity index (χ2v) is 6.58. The van der Waals surface area contributed by atoms with Crippen LogP contribution < -0.4 is 0 Å². The smallest absolute Gasteiger partial charge is 0.308 e. The number of likely N-dealkylation sites (tertiary alicyclic amines) is 1. The van der Waals surface area contributed by atoms with E-state index in [2.05, 4.69) is 15.9 Å². The zero-order valence-corrected chi connectivity index (χ0v) is 12.6. The molecule has 5 heteroatoms. The Labute approximate surface area is 125 Å². The predicted octanol–water partition coefficient (Wildman–Crippen LogP) is 2.41. The maximum Gasteiger partial charge on any atom is 0.308 e. The van der Waals surface area contributed by atoms with Gasteiger partial charge in [0, 0.05) is 17.6 Å². The van der Waals surface area contributed by atoms with E-state index in [0.717, 1.165) is 22.9 Å². The molecule has 1 aliphatic carbocycles. The molecule has 1 aromatic carbocycles. The highest BCUT2D eigenvalue weighted by Gasteiger charge is 2.54. The fourth-order valence-electron chi connectivity index (χ4n) is 2.99. The molecule has 1 aromatic rings. The zero-order valence-electron chi connectivity index (χ0n) is 11.0. The van der Waals surface area contributed by atoms with Crippen molar-refractivity contribution < 1.29 is 14.7 Å². The molecule has 1 amide bonds. The Morgan fingerprint density at radius 1 is 1.35 bits per heavy atom. The molecule has 3 rings (SSSR count). The summed E-state index contributed by atoms with van der Waals surface area (Å²) in [6.07, 6.45) is 2.28. The maximum absolute atomic E-state index is 12.7. The molecule has 1 heterocycles. The van der Waals surface area contributed by atoms with Gasteiger partial charge in [0.25, 0.3) is 0 Å². The van der Waals surface area contributed by atoms with E-state index in [1.807, 2.05) is 24.3 Å². The highest BCUT2D eigenvalue weighted by Crippen LogP contribution is 2.50. The van der Waals surface area contributed by atoms with Crippen molar-refractivity contribution in [1.29, 1.82) is 0 Å². The lowest BCUT2D eigenvalue weighted by molar-refractivity contribution is -0.141. The number of benzene rings is 1. The van der Waals surface area contributed by atoms with Crippen LogP contribution in [0, 0.1) is 5.92 Å². The Bertz CT molecular complexity index is 568. The number of halogens is 1. The third-order valence-corrected chi connectivity index (χ3v) is 4.85. The van der Waals surface area contributed by atoms with Crippen molar-refractivity contribution >= 4 is 27.8 Å². The average molecular weight is 338 g/mol. The number of aliphatic carboxylic acids is 1. The first-order chi connectivity index (χ1) is 9.53. The molecule has 2 fully saturated rings. The van der Waals surface area contributed by atoms with Crippen LogP contribution in [0.15, 0.2) is 28.7 Å². The van der Waals surface area contributed by atoms with Crippen molar-refractivity contribution in [1.82, 2.24) is 4.90 Å². The molecule has 1 saturated heterocycles. The lowest BCUT2D eigenvalue weighted by atomic mass is 9.94. The standard InChI is InChI=1S/C15H16BrNO3/c16-12-3-1-2-11(8-12)15(5-6-15)14(20)17-7-4-10(9-17)13(18)19/h1-3,8,10H,4-7,9H2,(H,18,19). The van der Waals surface area contributed by atoms with E-state index in [4.69, 9.17) is 5.11 Å². The number of nitrogens with zero attached hydrogens (tertiary/aromatic N) is 1. The largest absolute Gasteiger partial charge is 0.481 e. The number of carboxylic acids is 1. The summed E-state index contributed by atoms with van der Waals surface area (Å²) in [6.45, 7) is 0.912. The van der Waals surface area contributed by atoms with Crippen LogP contribution in [0.2, 0.25) is 0 Å². The van der Waals surface area contributed by atoms with E-state index in [1.165, 1.54) is 0 Å². The van der Waals surface area contributed by atoms with Crippen molar-refractivity contribution in [3.05, 3.63) is 34.3 Å². The predicted molar refractivity (Wildman–Crippen MR) is 77.4 cm³/mol. The van der Waals surface area contributed by atoms with E-state index in [1.54, 1.807) is 4.90 Å². The fourth-order valence-corrected chi connectivity index (χ4v) is 3.39. The molecule has 106 valence electrons. The molecule has 1 atom stereocenters. The number of carbonyl (C=O) groups is 2. The molecular formula is C15H16BrNO3. The van der Waals surface area contributed by atoms with E-state index in [-0.39, 0.29) is 5.91 Å². The minimum Gasteiger partial charge on any atom is -0.481 e. The van der Waals surface area contributed by atoms with Gasteiger partial charge in [0.1, 0.15) is 0 Å². The Balaban J connectivity index is 1.79. The van der Waals surface area contributed by atoms with Crippen LogP contribution in [0.5, 0.6) is 0 Å². The molecule has 0 aromatic heterocycles.